The zero-order valence-electron chi connectivity index (χ0n) is 33.3. The van der Waals surface area contributed by atoms with Crippen molar-refractivity contribution in [2.24, 2.45) is 0 Å². The molecule has 0 unspecified atom stereocenters. The maximum Gasteiger partial charge on any atom is 0.0547 e. The van der Waals surface area contributed by atoms with Crippen molar-refractivity contribution in [2.45, 2.75) is 125 Å². The van der Waals surface area contributed by atoms with E-state index in [0.717, 1.165) is 0 Å². The number of nitrogens with zero attached hydrogens (tertiary/aromatic N) is 1. The van der Waals surface area contributed by atoms with Gasteiger partial charge in [0, 0.05) is 16.5 Å². The number of hydrogen-bond donors (Lipinski definition) is 0. The van der Waals surface area contributed by atoms with Gasteiger partial charge in [-0.25, -0.2) is 0 Å². The molecular formula is C49H59N. The molecular weight excluding hydrogens is 603 g/mol. The third kappa shape index (κ3) is 6.57. The number of fused-ring (bicyclic) bond motifs is 3. The molecule has 0 atom stereocenters. The van der Waals surface area contributed by atoms with Crippen molar-refractivity contribution in [3.63, 3.8) is 0 Å². The van der Waals surface area contributed by atoms with Crippen molar-refractivity contribution in [1.29, 1.82) is 0 Å². The minimum absolute atomic E-state index is 0.0324. The molecule has 0 saturated heterocycles. The van der Waals surface area contributed by atoms with Crippen LogP contribution < -0.4 is 0 Å². The normalized spacial score (nSPS) is 13.2. The summed E-state index contributed by atoms with van der Waals surface area (Å²) in [6.07, 6.45) is 0. The third-order valence-electron chi connectivity index (χ3n) is 10.5. The number of rotatable bonds is 4. The van der Waals surface area contributed by atoms with Crippen molar-refractivity contribution < 1.29 is 0 Å². The van der Waals surface area contributed by atoms with Gasteiger partial charge in [0.05, 0.1) is 11.0 Å². The van der Waals surface area contributed by atoms with Crippen LogP contribution in [0, 0.1) is 0 Å². The van der Waals surface area contributed by atoms with Gasteiger partial charge < -0.3 is 4.57 Å². The summed E-state index contributed by atoms with van der Waals surface area (Å²) < 4.78 is 2.50. The SMILES string of the molecule is CC(C)c1cc(-c2cccc3c2c2c(C(C)(C)C)c(-c4cc(C(C)(C)C)cc(C(C)(C)C)c4)ccc2n3-c2ccccc2)cc(C(C)(C)C)c1. The Morgan fingerprint density at radius 2 is 0.960 bits per heavy atom. The van der Waals surface area contributed by atoms with Gasteiger partial charge in [-0.15, -0.1) is 0 Å². The van der Waals surface area contributed by atoms with Crippen LogP contribution in [0.3, 0.4) is 0 Å². The van der Waals surface area contributed by atoms with Crippen LogP contribution in [-0.4, -0.2) is 4.57 Å². The second kappa shape index (κ2) is 12.3. The number of benzene rings is 5. The quantitative estimate of drug-likeness (QED) is 0.177. The molecule has 1 heteroatoms. The first kappa shape index (κ1) is 35.7. The van der Waals surface area contributed by atoms with E-state index in [1.807, 2.05) is 0 Å². The molecule has 1 aromatic heterocycles. The Bertz CT molecular complexity index is 2160. The predicted octanol–water partition coefficient (Wildman–Crippen LogP) is 14.4. The highest BCUT2D eigenvalue weighted by molar-refractivity contribution is 6.18. The largest absolute Gasteiger partial charge is 0.309 e. The van der Waals surface area contributed by atoms with Gasteiger partial charge in [-0.2, -0.15) is 0 Å². The maximum absolute atomic E-state index is 2.50. The molecule has 260 valence electrons. The van der Waals surface area contributed by atoms with E-state index in [1.54, 1.807) is 0 Å². The summed E-state index contributed by atoms with van der Waals surface area (Å²) >= 11 is 0. The monoisotopic (exact) mass is 661 g/mol. The molecule has 1 heterocycles. The van der Waals surface area contributed by atoms with Crippen LogP contribution in [0.4, 0.5) is 0 Å². The Kier molecular flexibility index (Phi) is 8.78. The molecule has 0 radical (unpaired) electrons. The minimum atomic E-state index is -0.131. The molecule has 0 bridgehead atoms. The van der Waals surface area contributed by atoms with Gasteiger partial charge in [-0.1, -0.05) is 170 Å². The molecule has 0 fully saturated rings. The summed E-state index contributed by atoms with van der Waals surface area (Å²) in [4.78, 5) is 0. The first-order chi connectivity index (χ1) is 23.2. The Labute approximate surface area is 302 Å². The van der Waals surface area contributed by atoms with Gasteiger partial charge in [0.25, 0.3) is 0 Å². The highest BCUT2D eigenvalue weighted by Crippen LogP contribution is 2.48. The van der Waals surface area contributed by atoms with Gasteiger partial charge in [-0.3, -0.25) is 0 Å². The summed E-state index contributed by atoms with van der Waals surface area (Å²) in [5.74, 6) is 0.435. The number of para-hydroxylation sites is 1. The molecule has 0 aliphatic rings. The van der Waals surface area contributed by atoms with E-state index >= 15 is 0 Å². The topological polar surface area (TPSA) is 4.93 Å². The molecule has 5 aromatic carbocycles. The Hall–Kier alpha value is -4.10. The molecule has 50 heavy (non-hydrogen) atoms. The summed E-state index contributed by atoms with van der Waals surface area (Å²) in [5.41, 5.74) is 15.8. The lowest BCUT2D eigenvalue weighted by atomic mass is 9.75. The van der Waals surface area contributed by atoms with E-state index in [9.17, 15) is 0 Å². The predicted molar refractivity (Wildman–Crippen MR) is 221 cm³/mol. The van der Waals surface area contributed by atoms with Crippen molar-refractivity contribution in [1.82, 2.24) is 4.57 Å². The van der Waals surface area contributed by atoms with E-state index in [-0.39, 0.29) is 21.7 Å². The van der Waals surface area contributed by atoms with Crippen LogP contribution in [0.25, 0.3) is 49.7 Å². The molecule has 0 saturated carbocycles. The lowest BCUT2D eigenvalue weighted by Gasteiger charge is -2.29. The third-order valence-corrected chi connectivity index (χ3v) is 10.5. The Morgan fingerprint density at radius 1 is 0.440 bits per heavy atom. The van der Waals surface area contributed by atoms with Crippen molar-refractivity contribution >= 4 is 21.8 Å². The summed E-state index contributed by atoms with van der Waals surface area (Å²) in [5, 5.41) is 2.69. The van der Waals surface area contributed by atoms with Gasteiger partial charge in [0.15, 0.2) is 0 Å². The van der Waals surface area contributed by atoms with Gasteiger partial charge in [0.1, 0.15) is 0 Å². The first-order valence-corrected chi connectivity index (χ1v) is 18.6. The van der Waals surface area contributed by atoms with E-state index in [4.69, 9.17) is 0 Å². The van der Waals surface area contributed by atoms with Crippen LogP contribution in [0.15, 0.2) is 97.1 Å². The fraction of sp³-hybridized carbons (Fsp3) is 0.388. The summed E-state index contributed by atoms with van der Waals surface area (Å²) in [6.45, 7) is 32.8. The fourth-order valence-electron chi connectivity index (χ4n) is 7.49. The first-order valence-electron chi connectivity index (χ1n) is 18.6. The molecule has 0 spiro atoms. The lowest BCUT2D eigenvalue weighted by molar-refractivity contribution is 0.568. The molecule has 0 aliphatic carbocycles. The second-order valence-electron chi connectivity index (χ2n) is 19.1. The van der Waals surface area contributed by atoms with Crippen LogP contribution in [-0.2, 0) is 21.7 Å². The molecule has 1 nitrogen and oxygen atoms in total. The zero-order valence-corrected chi connectivity index (χ0v) is 33.3. The number of aromatic nitrogens is 1. The van der Waals surface area contributed by atoms with Crippen LogP contribution in [0.5, 0.6) is 0 Å². The fourth-order valence-corrected chi connectivity index (χ4v) is 7.49. The van der Waals surface area contributed by atoms with E-state index in [0.29, 0.717) is 5.92 Å². The van der Waals surface area contributed by atoms with Gasteiger partial charge in [-0.05, 0) is 102 Å². The maximum atomic E-state index is 2.50. The average molecular weight is 662 g/mol. The van der Waals surface area contributed by atoms with Crippen LogP contribution in [0.2, 0.25) is 0 Å². The number of hydrogen-bond acceptors (Lipinski definition) is 0. The smallest absolute Gasteiger partial charge is 0.0547 e. The van der Waals surface area contributed by atoms with Gasteiger partial charge in [0.2, 0.25) is 0 Å². The van der Waals surface area contributed by atoms with Crippen LogP contribution >= 0.6 is 0 Å². The molecule has 0 amide bonds. The van der Waals surface area contributed by atoms with E-state index in [1.165, 1.54) is 77.6 Å². The Morgan fingerprint density at radius 3 is 1.48 bits per heavy atom. The lowest BCUT2D eigenvalue weighted by Crippen LogP contribution is -2.17. The van der Waals surface area contributed by atoms with Crippen LogP contribution in [0.1, 0.15) is 131 Å². The molecule has 0 aliphatic heterocycles. The minimum Gasteiger partial charge on any atom is -0.309 e. The van der Waals surface area contributed by atoms with Crippen molar-refractivity contribution in [3.05, 3.63) is 125 Å². The molecule has 6 aromatic rings. The molecule has 6 rings (SSSR count). The van der Waals surface area contributed by atoms with Crippen molar-refractivity contribution in [2.75, 3.05) is 0 Å². The summed E-state index contributed by atoms with van der Waals surface area (Å²) in [6, 6.07) is 37.4. The average Bonchev–Trinajstić information content (AvgIpc) is 3.37. The van der Waals surface area contributed by atoms with Crippen molar-refractivity contribution in [3.8, 4) is 27.9 Å². The van der Waals surface area contributed by atoms with E-state index in [2.05, 4.69) is 199 Å². The summed E-state index contributed by atoms with van der Waals surface area (Å²) in [7, 11) is 0. The highest BCUT2D eigenvalue weighted by Gasteiger charge is 2.29. The van der Waals surface area contributed by atoms with Gasteiger partial charge >= 0.3 is 0 Å². The van der Waals surface area contributed by atoms with E-state index < -0.39 is 0 Å². The molecule has 0 N–H and O–H groups in total. The second-order valence-corrected chi connectivity index (χ2v) is 19.1. The standard InChI is InChI=1S/C49H59N/c1-31(2)32-25-33(27-35(26-32)46(3,4)5)39-21-18-22-41-43(39)44-42(50(41)38-19-16-15-17-20-38)24-23-40(45(44)49(12,13)14)34-28-36(47(6,7)8)30-37(29-34)48(9,10)11/h15-31H,1-14H3. The Balaban J connectivity index is 1.83. The zero-order chi connectivity index (χ0) is 36.6. The highest BCUT2D eigenvalue weighted by atomic mass is 15.0.